The Labute approximate surface area is 207 Å². The van der Waals surface area contributed by atoms with Crippen molar-refractivity contribution in [1.82, 2.24) is 0 Å². The molecule has 0 N–H and O–H groups in total. The Morgan fingerprint density at radius 2 is 1.06 bits per heavy atom. The van der Waals surface area contributed by atoms with Crippen LogP contribution in [0.5, 0.6) is 0 Å². The normalized spacial score (nSPS) is 14.7. The number of rotatable bonds is 1. The zero-order chi connectivity index (χ0) is 24.1. The van der Waals surface area contributed by atoms with Gasteiger partial charge in [0, 0.05) is 5.41 Å². The smallest absolute Gasteiger partial charge is 0.0159 e. The van der Waals surface area contributed by atoms with Crippen molar-refractivity contribution in [3.63, 3.8) is 0 Å². The molecule has 1 aliphatic carbocycles. The minimum Gasteiger partial charge on any atom is -0.0619 e. The van der Waals surface area contributed by atoms with Crippen LogP contribution in [0.4, 0.5) is 0 Å². The molecule has 7 rings (SSSR count). The molecular formula is C35H30. The SMILES string of the molecule is CC(C)(C)c1cc2ccc3cc(-c4ccc5c(c4)C(C)(C)c4ccccc4-5)cc4ccc(c1)c2c34. The van der Waals surface area contributed by atoms with Gasteiger partial charge in [0.25, 0.3) is 0 Å². The molecule has 1 aliphatic rings. The number of hydrogen-bond donors (Lipinski definition) is 0. The first kappa shape index (κ1) is 20.7. The molecule has 0 spiro atoms. The molecule has 0 aliphatic heterocycles. The summed E-state index contributed by atoms with van der Waals surface area (Å²) in [7, 11) is 0. The fraction of sp³-hybridized carbons (Fsp3) is 0.200. The summed E-state index contributed by atoms with van der Waals surface area (Å²) in [6, 6.07) is 34.7. The fourth-order valence-corrected chi connectivity index (χ4v) is 6.32. The van der Waals surface area contributed by atoms with E-state index in [-0.39, 0.29) is 10.8 Å². The van der Waals surface area contributed by atoms with Gasteiger partial charge >= 0.3 is 0 Å². The van der Waals surface area contributed by atoms with Gasteiger partial charge in [0.05, 0.1) is 0 Å². The highest BCUT2D eigenvalue weighted by Crippen LogP contribution is 2.49. The first-order valence-electron chi connectivity index (χ1n) is 12.7. The van der Waals surface area contributed by atoms with Gasteiger partial charge in [0.1, 0.15) is 0 Å². The molecule has 0 aromatic heterocycles. The second-order valence-corrected chi connectivity index (χ2v) is 11.9. The van der Waals surface area contributed by atoms with Crippen molar-refractivity contribution < 1.29 is 0 Å². The summed E-state index contributed by atoms with van der Waals surface area (Å²) in [5.41, 5.74) is 9.75. The number of benzene rings is 6. The third-order valence-corrected chi connectivity index (χ3v) is 8.32. The molecule has 0 bridgehead atoms. The van der Waals surface area contributed by atoms with Gasteiger partial charge in [-0.3, -0.25) is 0 Å². The summed E-state index contributed by atoms with van der Waals surface area (Å²) in [6.45, 7) is 11.6. The quantitative estimate of drug-likeness (QED) is 0.219. The Hall–Kier alpha value is -3.64. The van der Waals surface area contributed by atoms with Crippen molar-refractivity contribution in [3.8, 4) is 22.3 Å². The Morgan fingerprint density at radius 3 is 1.66 bits per heavy atom. The van der Waals surface area contributed by atoms with E-state index in [0.29, 0.717) is 0 Å². The maximum Gasteiger partial charge on any atom is 0.0159 e. The van der Waals surface area contributed by atoms with Crippen molar-refractivity contribution in [2.75, 3.05) is 0 Å². The zero-order valence-corrected chi connectivity index (χ0v) is 21.2. The first-order chi connectivity index (χ1) is 16.7. The minimum absolute atomic E-state index is 0.0167. The summed E-state index contributed by atoms with van der Waals surface area (Å²) >= 11 is 0. The lowest BCUT2D eigenvalue weighted by Crippen LogP contribution is -2.14. The summed E-state index contributed by atoms with van der Waals surface area (Å²) in [5.74, 6) is 0. The van der Waals surface area contributed by atoms with Crippen LogP contribution >= 0.6 is 0 Å². The maximum absolute atomic E-state index is 2.43. The van der Waals surface area contributed by atoms with Gasteiger partial charge in [-0.15, -0.1) is 0 Å². The van der Waals surface area contributed by atoms with E-state index in [1.807, 2.05) is 0 Å². The van der Waals surface area contributed by atoms with Crippen LogP contribution in [0.3, 0.4) is 0 Å². The van der Waals surface area contributed by atoms with Gasteiger partial charge in [-0.05, 0) is 94.9 Å². The monoisotopic (exact) mass is 450 g/mol. The molecule has 0 saturated heterocycles. The van der Waals surface area contributed by atoms with Crippen LogP contribution in [0.15, 0.2) is 91.0 Å². The van der Waals surface area contributed by atoms with Crippen molar-refractivity contribution in [3.05, 3.63) is 108 Å². The Morgan fingerprint density at radius 1 is 0.514 bits per heavy atom. The highest BCUT2D eigenvalue weighted by Gasteiger charge is 2.35. The molecular weight excluding hydrogens is 420 g/mol. The number of hydrogen-bond acceptors (Lipinski definition) is 0. The third kappa shape index (κ3) is 2.86. The standard InChI is InChI=1S/C35H30/c1-34(2,3)27-18-24-12-10-22-16-26(17-23-11-13-25(19-27)33(24)32(22)23)21-14-15-29-28-8-6-7-9-30(28)35(4,5)31(29)20-21/h6-20H,1-5H3. The summed E-state index contributed by atoms with van der Waals surface area (Å²) in [5, 5.41) is 8.11. The lowest BCUT2D eigenvalue weighted by molar-refractivity contribution is 0.591. The van der Waals surface area contributed by atoms with Crippen LogP contribution in [-0.4, -0.2) is 0 Å². The van der Waals surface area contributed by atoms with E-state index in [2.05, 4.69) is 126 Å². The van der Waals surface area contributed by atoms with E-state index < -0.39 is 0 Å². The Kier molecular flexibility index (Phi) is 3.98. The van der Waals surface area contributed by atoms with Crippen LogP contribution in [0.25, 0.3) is 54.6 Å². The summed E-state index contributed by atoms with van der Waals surface area (Å²) in [6.07, 6.45) is 0. The van der Waals surface area contributed by atoms with Gasteiger partial charge in [-0.25, -0.2) is 0 Å². The Balaban J connectivity index is 1.43. The van der Waals surface area contributed by atoms with E-state index in [9.17, 15) is 0 Å². The summed E-state index contributed by atoms with van der Waals surface area (Å²) < 4.78 is 0. The lowest BCUT2D eigenvalue weighted by Gasteiger charge is -2.22. The average Bonchev–Trinajstić information content (AvgIpc) is 3.08. The highest BCUT2D eigenvalue weighted by molar-refractivity contribution is 6.24. The highest BCUT2D eigenvalue weighted by atomic mass is 14.4. The summed E-state index contributed by atoms with van der Waals surface area (Å²) in [4.78, 5) is 0. The van der Waals surface area contributed by atoms with E-state index >= 15 is 0 Å². The van der Waals surface area contributed by atoms with Crippen molar-refractivity contribution in [2.24, 2.45) is 0 Å². The van der Waals surface area contributed by atoms with Crippen molar-refractivity contribution in [1.29, 1.82) is 0 Å². The molecule has 6 aromatic carbocycles. The first-order valence-corrected chi connectivity index (χ1v) is 12.7. The van der Waals surface area contributed by atoms with E-state index in [1.165, 1.54) is 71.3 Å². The molecule has 35 heavy (non-hydrogen) atoms. The predicted molar refractivity (Wildman–Crippen MR) is 152 cm³/mol. The zero-order valence-electron chi connectivity index (χ0n) is 21.2. The molecule has 0 amide bonds. The molecule has 170 valence electrons. The van der Waals surface area contributed by atoms with E-state index in [0.717, 1.165) is 0 Å². The van der Waals surface area contributed by atoms with Gasteiger partial charge < -0.3 is 0 Å². The van der Waals surface area contributed by atoms with Crippen molar-refractivity contribution in [2.45, 2.75) is 45.4 Å². The molecule has 6 aromatic rings. The van der Waals surface area contributed by atoms with Gasteiger partial charge in [0.2, 0.25) is 0 Å². The van der Waals surface area contributed by atoms with Crippen LogP contribution in [0.1, 0.15) is 51.3 Å². The predicted octanol–water partition coefficient (Wildman–Crippen LogP) is 9.85. The van der Waals surface area contributed by atoms with Gasteiger partial charge in [0.15, 0.2) is 0 Å². The molecule has 0 nitrogen and oxygen atoms in total. The van der Waals surface area contributed by atoms with Crippen LogP contribution in [0.2, 0.25) is 0 Å². The second kappa shape index (κ2) is 6.73. The van der Waals surface area contributed by atoms with Gasteiger partial charge in [-0.1, -0.05) is 107 Å². The lowest BCUT2D eigenvalue weighted by atomic mass is 9.81. The van der Waals surface area contributed by atoms with E-state index in [1.54, 1.807) is 0 Å². The maximum atomic E-state index is 2.43. The molecule has 0 atom stereocenters. The Bertz CT molecular complexity index is 1720. The third-order valence-electron chi connectivity index (χ3n) is 8.32. The van der Waals surface area contributed by atoms with Gasteiger partial charge in [-0.2, -0.15) is 0 Å². The number of fused-ring (bicyclic) bond motifs is 3. The van der Waals surface area contributed by atoms with Crippen LogP contribution in [-0.2, 0) is 10.8 Å². The molecule has 0 saturated carbocycles. The molecule has 0 heteroatoms. The average molecular weight is 451 g/mol. The topological polar surface area (TPSA) is 0 Å². The molecule has 0 heterocycles. The van der Waals surface area contributed by atoms with Crippen LogP contribution < -0.4 is 0 Å². The van der Waals surface area contributed by atoms with E-state index in [4.69, 9.17) is 0 Å². The second-order valence-electron chi connectivity index (χ2n) is 11.9. The molecule has 0 radical (unpaired) electrons. The molecule has 0 unspecified atom stereocenters. The van der Waals surface area contributed by atoms with Crippen LogP contribution in [0, 0.1) is 0 Å². The molecule has 0 fully saturated rings. The fourth-order valence-electron chi connectivity index (χ4n) is 6.32. The van der Waals surface area contributed by atoms with Crippen molar-refractivity contribution >= 4 is 32.3 Å². The largest absolute Gasteiger partial charge is 0.0619 e. The minimum atomic E-state index is 0.0167.